The Balaban J connectivity index is 0.000000317. The summed E-state index contributed by atoms with van der Waals surface area (Å²) >= 11 is 0. The number of aliphatic carboxylic acids is 2. The van der Waals surface area contributed by atoms with E-state index >= 15 is 0 Å². The smallest absolute Gasteiger partial charge is 0.490 e. The lowest BCUT2D eigenvalue weighted by Crippen LogP contribution is -2.54. The molecule has 16 heteroatoms. The number of aromatic nitrogens is 3. The zero-order valence-electron chi connectivity index (χ0n) is 20.8. The van der Waals surface area contributed by atoms with Gasteiger partial charge in [-0.1, -0.05) is 0 Å². The number of rotatable bonds is 5. The minimum atomic E-state index is -5.08. The average molecular weight is 570 g/mol. The van der Waals surface area contributed by atoms with Crippen molar-refractivity contribution in [1.82, 2.24) is 19.7 Å². The maximum Gasteiger partial charge on any atom is 0.490 e. The maximum absolute atomic E-state index is 10.6. The molecule has 2 aromatic heterocycles. The molecule has 0 aromatic carbocycles. The van der Waals surface area contributed by atoms with Crippen LogP contribution in [0.2, 0.25) is 0 Å². The average Bonchev–Trinajstić information content (AvgIpc) is 3.43. The minimum absolute atomic E-state index is 0.0668. The normalized spacial score (nSPS) is 21.4. The van der Waals surface area contributed by atoms with Crippen LogP contribution in [0, 0.1) is 5.92 Å². The summed E-state index contributed by atoms with van der Waals surface area (Å²) in [7, 11) is 1.97. The Hall–Kier alpha value is -3.40. The molecule has 3 heterocycles. The van der Waals surface area contributed by atoms with Gasteiger partial charge in [-0.15, -0.1) is 0 Å². The van der Waals surface area contributed by atoms with E-state index in [0.29, 0.717) is 12.5 Å². The highest BCUT2D eigenvalue weighted by Crippen LogP contribution is 2.41. The fraction of sp³-hybridized carbons (Fsp3) is 0.565. The molecule has 2 aliphatic rings. The quantitative estimate of drug-likeness (QED) is 0.519. The lowest BCUT2D eigenvalue weighted by atomic mass is 9.89. The molecule has 0 amide bonds. The number of pyridine rings is 1. The molecule has 1 saturated carbocycles. The number of ether oxygens (including phenoxy) is 2. The molecule has 2 fully saturated rings. The number of alkyl halides is 6. The second-order valence-corrected chi connectivity index (χ2v) is 8.84. The van der Waals surface area contributed by atoms with Gasteiger partial charge in [0.2, 0.25) is 0 Å². The van der Waals surface area contributed by atoms with Crippen LogP contribution in [0.5, 0.6) is 5.75 Å². The van der Waals surface area contributed by atoms with Gasteiger partial charge in [0.15, 0.2) is 0 Å². The fourth-order valence-electron chi connectivity index (χ4n) is 4.21. The van der Waals surface area contributed by atoms with E-state index in [0.717, 1.165) is 38.4 Å². The number of carbonyl (C=O) groups is 2. The summed E-state index contributed by atoms with van der Waals surface area (Å²) in [6.45, 7) is 4.39. The van der Waals surface area contributed by atoms with E-state index in [-0.39, 0.29) is 5.60 Å². The van der Waals surface area contributed by atoms with Gasteiger partial charge in [-0.05, 0) is 31.4 Å². The van der Waals surface area contributed by atoms with E-state index in [1.54, 1.807) is 12.4 Å². The summed E-state index contributed by atoms with van der Waals surface area (Å²) in [6, 6.07) is 3.87. The Kier molecular flexibility index (Phi) is 11.1. The number of hydrogen-bond donors (Lipinski definition) is 2. The van der Waals surface area contributed by atoms with Gasteiger partial charge >= 0.3 is 24.3 Å². The largest absolute Gasteiger partial charge is 0.492 e. The number of morpholine rings is 1. The molecule has 2 aromatic rings. The van der Waals surface area contributed by atoms with Crippen molar-refractivity contribution in [3.63, 3.8) is 0 Å². The van der Waals surface area contributed by atoms with Crippen molar-refractivity contribution in [2.45, 2.75) is 43.8 Å². The maximum atomic E-state index is 10.6. The molecule has 1 aliphatic carbocycles. The second-order valence-electron chi connectivity index (χ2n) is 8.84. The van der Waals surface area contributed by atoms with Gasteiger partial charge in [-0.25, -0.2) is 9.59 Å². The van der Waals surface area contributed by atoms with Crippen LogP contribution in [0.1, 0.15) is 24.8 Å². The van der Waals surface area contributed by atoms with Gasteiger partial charge < -0.3 is 19.7 Å². The van der Waals surface area contributed by atoms with Gasteiger partial charge in [-0.3, -0.25) is 14.6 Å². The SMILES string of the molecule is Cn1cc(CN2CCO[C@]3(CCC[C@H]3COc3cccnc3)C2)cn1.O=C(O)C(F)(F)F.O=C(O)C(F)(F)F. The third kappa shape index (κ3) is 10.4. The Morgan fingerprint density at radius 3 is 2.31 bits per heavy atom. The van der Waals surface area contributed by atoms with E-state index in [1.807, 2.05) is 30.1 Å². The number of aryl methyl sites for hydroxylation is 1. The fourth-order valence-corrected chi connectivity index (χ4v) is 4.21. The first kappa shape index (κ1) is 31.8. The van der Waals surface area contributed by atoms with E-state index in [2.05, 4.69) is 21.2 Å². The van der Waals surface area contributed by atoms with Crippen molar-refractivity contribution in [2.75, 3.05) is 26.3 Å². The van der Waals surface area contributed by atoms with E-state index < -0.39 is 24.3 Å². The Morgan fingerprint density at radius 1 is 1.15 bits per heavy atom. The molecule has 39 heavy (non-hydrogen) atoms. The molecule has 1 spiro atoms. The van der Waals surface area contributed by atoms with E-state index in [9.17, 15) is 26.3 Å². The van der Waals surface area contributed by atoms with Crippen LogP contribution in [0.25, 0.3) is 0 Å². The first-order valence-electron chi connectivity index (χ1n) is 11.6. The number of hydrogen-bond acceptors (Lipinski definition) is 7. The van der Waals surface area contributed by atoms with Gasteiger partial charge in [0.25, 0.3) is 0 Å². The van der Waals surface area contributed by atoms with Crippen molar-refractivity contribution in [1.29, 1.82) is 0 Å². The minimum Gasteiger partial charge on any atom is -0.492 e. The summed E-state index contributed by atoms with van der Waals surface area (Å²) in [5.74, 6) is -4.24. The van der Waals surface area contributed by atoms with Gasteiger partial charge in [0.05, 0.1) is 31.2 Å². The molecule has 4 rings (SSSR count). The first-order valence-corrected chi connectivity index (χ1v) is 11.6. The summed E-state index contributed by atoms with van der Waals surface area (Å²) in [5, 5.41) is 18.5. The summed E-state index contributed by atoms with van der Waals surface area (Å²) in [6.07, 6.45) is 0.933. The van der Waals surface area contributed by atoms with Crippen LogP contribution >= 0.6 is 0 Å². The topological polar surface area (TPSA) is 127 Å². The first-order chi connectivity index (χ1) is 18.1. The van der Waals surface area contributed by atoms with Gasteiger partial charge in [0, 0.05) is 50.6 Å². The molecule has 0 bridgehead atoms. The Morgan fingerprint density at radius 2 is 1.79 bits per heavy atom. The molecule has 1 aliphatic heterocycles. The van der Waals surface area contributed by atoms with Crippen molar-refractivity contribution in [3.8, 4) is 5.75 Å². The third-order valence-corrected chi connectivity index (χ3v) is 5.92. The molecule has 218 valence electrons. The third-order valence-electron chi connectivity index (χ3n) is 5.92. The van der Waals surface area contributed by atoms with Gasteiger partial charge in [0.1, 0.15) is 5.75 Å². The van der Waals surface area contributed by atoms with Crippen molar-refractivity contribution in [3.05, 3.63) is 42.5 Å². The predicted molar refractivity (Wildman–Crippen MR) is 122 cm³/mol. The molecule has 2 atom stereocenters. The van der Waals surface area contributed by atoms with Crippen LogP contribution in [0.3, 0.4) is 0 Å². The van der Waals surface area contributed by atoms with Crippen molar-refractivity contribution >= 4 is 11.9 Å². The molecular formula is C23H28F6N4O6. The summed E-state index contributed by atoms with van der Waals surface area (Å²) in [5.41, 5.74) is 1.20. The highest BCUT2D eigenvalue weighted by atomic mass is 19.4. The standard InChI is InChI=1S/C19H26N4O2.2C2HF3O2/c1-22-12-16(10-21-22)13-23-8-9-25-19(15-23)6-2-4-17(19)14-24-18-5-3-7-20-11-18;2*3-2(4,5)1(6)7/h3,5,7,10-12,17H,2,4,6,8-9,13-15H2,1H3;2*(H,6,7)/t17-,19+;;/m0../s1. The number of carboxylic acids is 2. The summed E-state index contributed by atoms with van der Waals surface area (Å²) in [4.78, 5) is 24.4. The molecule has 2 N–H and O–H groups in total. The van der Waals surface area contributed by atoms with Crippen LogP contribution in [0.4, 0.5) is 26.3 Å². The van der Waals surface area contributed by atoms with Crippen molar-refractivity contribution < 1.29 is 55.6 Å². The predicted octanol–water partition coefficient (Wildman–Crippen LogP) is 3.53. The Bertz CT molecular complexity index is 1040. The van der Waals surface area contributed by atoms with Crippen LogP contribution in [-0.4, -0.2) is 86.1 Å². The lowest BCUT2D eigenvalue weighted by Gasteiger charge is -2.44. The lowest BCUT2D eigenvalue weighted by molar-refractivity contribution is -0.193. The molecule has 10 nitrogen and oxygen atoms in total. The van der Waals surface area contributed by atoms with Gasteiger partial charge in [-0.2, -0.15) is 31.4 Å². The van der Waals surface area contributed by atoms with E-state index in [1.165, 1.54) is 18.4 Å². The zero-order chi connectivity index (χ0) is 29.3. The number of halogens is 6. The van der Waals surface area contributed by atoms with Crippen molar-refractivity contribution in [2.24, 2.45) is 13.0 Å². The van der Waals surface area contributed by atoms with Crippen LogP contribution in [-0.2, 0) is 27.9 Å². The Labute approximate surface area is 219 Å². The highest BCUT2D eigenvalue weighted by molar-refractivity contribution is 5.73. The molecule has 1 saturated heterocycles. The monoisotopic (exact) mass is 570 g/mol. The molecular weight excluding hydrogens is 542 g/mol. The number of carboxylic acid groups (broad SMARTS) is 2. The van der Waals surface area contributed by atoms with E-state index in [4.69, 9.17) is 29.3 Å². The molecule has 0 unspecified atom stereocenters. The van der Waals surface area contributed by atoms with Crippen LogP contribution in [0.15, 0.2) is 36.9 Å². The number of nitrogens with zero attached hydrogens (tertiary/aromatic N) is 4. The summed E-state index contributed by atoms with van der Waals surface area (Å²) < 4.78 is 77.7. The zero-order valence-corrected chi connectivity index (χ0v) is 20.8. The molecule has 0 radical (unpaired) electrons. The second kappa shape index (κ2) is 13.6. The highest BCUT2D eigenvalue weighted by Gasteiger charge is 2.47. The van der Waals surface area contributed by atoms with Crippen LogP contribution < -0.4 is 4.74 Å².